The summed E-state index contributed by atoms with van der Waals surface area (Å²) in [6.07, 6.45) is -0.603. The van der Waals surface area contributed by atoms with Crippen molar-refractivity contribution in [3.63, 3.8) is 0 Å². The van der Waals surface area contributed by atoms with Crippen molar-refractivity contribution in [1.82, 2.24) is 5.32 Å². The fraction of sp³-hybridized carbons (Fsp3) is 0.636. The summed E-state index contributed by atoms with van der Waals surface area (Å²) in [5.41, 5.74) is -2.55. The summed E-state index contributed by atoms with van der Waals surface area (Å²) in [5.74, 6) is -0.753. The van der Waals surface area contributed by atoms with Crippen molar-refractivity contribution in [1.29, 1.82) is 5.26 Å². The molecule has 1 amide bonds. The first kappa shape index (κ1) is 23.8. The number of fused-ring (bicyclic) bond motifs is 3. The molecular weight excluding hydrogens is 459 g/mol. The first-order chi connectivity index (χ1) is 15.5. The number of hydrogen-bond donors (Lipinski definition) is 2. The lowest BCUT2D eigenvalue weighted by atomic mass is 9.58. The second-order valence-electron chi connectivity index (χ2n) is 9.34. The lowest BCUT2D eigenvalue weighted by Gasteiger charge is -2.50. The smallest absolute Gasteiger partial charge is 0.381 e. The van der Waals surface area contributed by atoms with Gasteiger partial charge in [0.05, 0.1) is 33.5 Å². The van der Waals surface area contributed by atoms with E-state index in [1.807, 2.05) is 0 Å². The summed E-state index contributed by atoms with van der Waals surface area (Å²) in [6.45, 7) is 0.553. The van der Waals surface area contributed by atoms with E-state index >= 15 is 0 Å². The zero-order valence-corrected chi connectivity index (χ0v) is 18.8. The molecule has 5 rings (SSSR count). The van der Waals surface area contributed by atoms with Crippen molar-refractivity contribution < 1.29 is 31.1 Å². The Morgan fingerprint density at radius 1 is 1.09 bits per heavy atom. The molecule has 4 fully saturated rings. The van der Waals surface area contributed by atoms with Crippen LogP contribution in [-0.2, 0) is 20.9 Å². The van der Waals surface area contributed by atoms with Gasteiger partial charge in [-0.15, -0.1) is 0 Å². The van der Waals surface area contributed by atoms with Gasteiger partial charge in [-0.2, -0.15) is 18.4 Å². The van der Waals surface area contributed by atoms with Crippen molar-refractivity contribution in [2.75, 3.05) is 17.9 Å². The predicted octanol–water partition coefficient (Wildman–Crippen LogP) is 3.97. The molecule has 4 aliphatic rings. The van der Waals surface area contributed by atoms with Crippen molar-refractivity contribution in [2.24, 2.45) is 5.41 Å². The first-order valence-electron chi connectivity index (χ1n) is 11.0. The van der Waals surface area contributed by atoms with E-state index in [0.29, 0.717) is 44.6 Å². The van der Waals surface area contributed by atoms with Crippen LogP contribution in [0.1, 0.15) is 67.3 Å². The third-order valence-corrected chi connectivity index (χ3v) is 9.17. The Kier molecular flexibility index (Phi) is 6.12. The van der Waals surface area contributed by atoms with E-state index < -0.39 is 38.5 Å². The monoisotopic (exact) mass is 485 g/mol. The van der Waals surface area contributed by atoms with Gasteiger partial charge in [0, 0.05) is 18.8 Å². The van der Waals surface area contributed by atoms with Crippen LogP contribution in [0.3, 0.4) is 0 Å². The fourth-order valence-corrected chi connectivity index (χ4v) is 6.53. The van der Waals surface area contributed by atoms with Crippen LogP contribution in [0.15, 0.2) is 18.2 Å². The number of hydrogen-bond acceptors (Lipinski definition) is 5. The second-order valence-corrected chi connectivity index (χ2v) is 11.3. The fourth-order valence-electron chi connectivity index (χ4n) is 5.07. The number of anilines is 1. The molecule has 0 aromatic heterocycles. The minimum atomic E-state index is -4.69. The molecule has 0 spiro atoms. The maximum absolute atomic E-state index is 13.4. The van der Waals surface area contributed by atoms with Crippen molar-refractivity contribution in [2.45, 2.75) is 68.3 Å². The number of amides is 1. The quantitative estimate of drug-likeness (QED) is 0.656. The summed E-state index contributed by atoms with van der Waals surface area (Å²) in [6, 6.07) is 4.83. The molecule has 1 aromatic carbocycles. The number of sulfonamides is 1. The molecule has 2 bridgehead atoms. The highest BCUT2D eigenvalue weighted by Crippen LogP contribution is 2.52. The Hall–Kier alpha value is -2.32. The number of halogens is 3. The van der Waals surface area contributed by atoms with Crippen LogP contribution < -0.4 is 10.0 Å². The molecule has 1 aromatic rings. The van der Waals surface area contributed by atoms with Gasteiger partial charge < -0.3 is 10.1 Å². The predicted molar refractivity (Wildman–Crippen MR) is 114 cm³/mol. The maximum atomic E-state index is 13.4. The molecule has 3 saturated carbocycles. The molecule has 11 heteroatoms. The molecule has 0 radical (unpaired) electrons. The van der Waals surface area contributed by atoms with Gasteiger partial charge >= 0.3 is 6.18 Å². The summed E-state index contributed by atoms with van der Waals surface area (Å²) in [7, 11) is -3.93. The zero-order chi connectivity index (χ0) is 23.9. The van der Waals surface area contributed by atoms with Gasteiger partial charge in [0.25, 0.3) is 5.91 Å². The normalized spacial score (nSPS) is 28.2. The minimum absolute atomic E-state index is 0.179. The second kappa shape index (κ2) is 8.47. The van der Waals surface area contributed by atoms with Gasteiger partial charge in [-0.25, -0.2) is 8.42 Å². The third kappa shape index (κ3) is 4.82. The molecule has 3 aliphatic carbocycles. The Balaban J connectivity index is 1.61. The summed E-state index contributed by atoms with van der Waals surface area (Å²) < 4.78 is 73.3. The molecule has 1 heterocycles. The van der Waals surface area contributed by atoms with E-state index in [9.17, 15) is 31.6 Å². The SMILES string of the molecule is N#CC12CCC(NC(=O)c3cc(C(F)(F)F)ccc3NS(=O)(=O)C3CCOCC3)(CC1)CC2. The van der Waals surface area contributed by atoms with E-state index in [1.54, 1.807) is 0 Å². The topological polar surface area (TPSA) is 108 Å². The standard InChI is InChI=1S/C22H26F3N3O4S/c23-22(24,25)15-1-2-18(28-33(30,31)16-3-11-32-12-4-16)17(13-15)19(29)27-21-8-5-20(14-26,6-9-21)7-10-21/h1-2,13,16,28H,3-12H2,(H,27,29). The number of nitriles is 1. The highest BCUT2D eigenvalue weighted by atomic mass is 32.2. The molecule has 180 valence electrons. The number of nitrogens with one attached hydrogen (secondary N) is 2. The molecule has 1 aliphatic heterocycles. The van der Waals surface area contributed by atoms with Crippen LogP contribution in [0, 0.1) is 16.7 Å². The molecular formula is C22H26F3N3O4S. The Morgan fingerprint density at radius 3 is 2.24 bits per heavy atom. The largest absolute Gasteiger partial charge is 0.416 e. The lowest BCUT2D eigenvalue weighted by molar-refractivity contribution is -0.137. The Labute approximate surface area is 190 Å². The minimum Gasteiger partial charge on any atom is -0.381 e. The molecule has 0 unspecified atom stereocenters. The molecule has 2 N–H and O–H groups in total. The number of nitrogens with zero attached hydrogens (tertiary/aromatic N) is 1. The number of benzene rings is 1. The van der Waals surface area contributed by atoms with E-state index in [1.165, 1.54) is 0 Å². The molecule has 7 nitrogen and oxygen atoms in total. The summed E-state index contributed by atoms with van der Waals surface area (Å²) in [4.78, 5) is 13.2. The van der Waals surface area contributed by atoms with Gasteiger partial charge in [0.2, 0.25) is 10.0 Å². The zero-order valence-electron chi connectivity index (χ0n) is 18.0. The van der Waals surface area contributed by atoms with Gasteiger partial charge in [0.15, 0.2) is 0 Å². The lowest BCUT2D eigenvalue weighted by Crippen LogP contribution is -2.56. The number of alkyl halides is 3. The summed E-state index contributed by atoms with van der Waals surface area (Å²) >= 11 is 0. The van der Waals surface area contributed by atoms with Crippen molar-refractivity contribution >= 4 is 21.6 Å². The van der Waals surface area contributed by atoms with Gasteiger partial charge in [-0.05, 0) is 69.6 Å². The highest BCUT2D eigenvalue weighted by molar-refractivity contribution is 7.93. The van der Waals surface area contributed by atoms with Gasteiger partial charge in [-0.3, -0.25) is 9.52 Å². The van der Waals surface area contributed by atoms with Crippen molar-refractivity contribution in [3.8, 4) is 6.07 Å². The number of ether oxygens (including phenoxy) is 1. The third-order valence-electron chi connectivity index (χ3n) is 7.31. The van der Waals surface area contributed by atoms with E-state index in [4.69, 9.17) is 4.74 Å². The van der Waals surface area contributed by atoms with Crippen LogP contribution in [0.5, 0.6) is 0 Å². The van der Waals surface area contributed by atoms with Crippen LogP contribution in [-0.4, -0.2) is 38.3 Å². The maximum Gasteiger partial charge on any atom is 0.416 e. The average molecular weight is 486 g/mol. The number of carbonyl (C=O) groups is 1. The molecule has 33 heavy (non-hydrogen) atoms. The van der Waals surface area contributed by atoms with Crippen LogP contribution in [0.25, 0.3) is 0 Å². The number of rotatable bonds is 5. The molecule has 1 saturated heterocycles. The van der Waals surface area contributed by atoms with Gasteiger partial charge in [-0.1, -0.05) is 0 Å². The van der Waals surface area contributed by atoms with Crippen molar-refractivity contribution in [3.05, 3.63) is 29.3 Å². The van der Waals surface area contributed by atoms with E-state index in [2.05, 4.69) is 16.1 Å². The highest BCUT2D eigenvalue weighted by Gasteiger charge is 2.49. The average Bonchev–Trinajstić information content (AvgIpc) is 2.80. The van der Waals surface area contributed by atoms with E-state index in [0.717, 1.165) is 12.1 Å². The summed E-state index contributed by atoms with van der Waals surface area (Å²) in [5, 5.41) is 11.6. The van der Waals surface area contributed by atoms with E-state index in [-0.39, 0.29) is 42.7 Å². The Morgan fingerprint density at radius 2 is 1.70 bits per heavy atom. The van der Waals surface area contributed by atoms with Crippen LogP contribution in [0.2, 0.25) is 0 Å². The molecule has 0 atom stereocenters. The Bertz CT molecular complexity index is 1050. The van der Waals surface area contributed by atoms with Crippen LogP contribution in [0.4, 0.5) is 18.9 Å². The first-order valence-corrected chi connectivity index (χ1v) is 12.6. The van der Waals surface area contributed by atoms with Crippen LogP contribution >= 0.6 is 0 Å². The van der Waals surface area contributed by atoms with Gasteiger partial charge in [0.1, 0.15) is 0 Å². The number of carbonyl (C=O) groups excluding carboxylic acids is 1.